The number of nitrogens with zero attached hydrogens (tertiary/aromatic N) is 1. The summed E-state index contributed by atoms with van der Waals surface area (Å²) in [6.45, 7) is 3.62. The summed E-state index contributed by atoms with van der Waals surface area (Å²) in [4.78, 5) is 1.91. The molecule has 0 fully saturated rings. The Labute approximate surface area is 102 Å². The van der Waals surface area contributed by atoms with Crippen LogP contribution in [0.25, 0.3) is 0 Å². The van der Waals surface area contributed by atoms with Gasteiger partial charge >= 0.3 is 0 Å². The van der Waals surface area contributed by atoms with Crippen LogP contribution in [0.2, 0.25) is 0 Å². The minimum atomic E-state index is -0.116. The molecule has 0 saturated heterocycles. The van der Waals surface area contributed by atoms with Crippen molar-refractivity contribution in [1.29, 1.82) is 0 Å². The molecule has 0 aliphatic carbocycles. The fraction of sp³-hybridized carbons (Fsp3) is 0.538. The lowest BCUT2D eigenvalue weighted by molar-refractivity contribution is -0.0660. The maximum atomic E-state index is 8.92. The normalized spacial score (nSPS) is 12.9. The zero-order valence-corrected chi connectivity index (χ0v) is 10.2. The van der Waals surface area contributed by atoms with Crippen molar-refractivity contribution in [2.45, 2.75) is 19.8 Å². The van der Waals surface area contributed by atoms with Crippen LogP contribution >= 0.6 is 0 Å². The smallest absolute Gasteiger partial charge is 0.108 e. The Morgan fingerprint density at radius 2 is 1.71 bits per heavy atom. The molecule has 0 heterocycles. The first-order valence-corrected chi connectivity index (χ1v) is 5.89. The Kier molecular flexibility index (Phi) is 6.81. The molecule has 2 N–H and O–H groups in total. The summed E-state index contributed by atoms with van der Waals surface area (Å²) in [7, 11) is 0. The van der Waals surface area contributed by atoms with Crippen LogP contribution in [-0.2, 0) is 11.3 Å². The summed E-state index contributed by atoms with van der Waals surface area (Å²) in [6.07, 6.45) is -0.116. The number of rotatable bonds is 8. The molecule has 0 aromatic heterocycles. The van der Waals surface area contributed by atoms with E-state index in [1.165, 1.54) is 0 Å². The second kappa shape index (κ2) is 8.20. The van der Waals surface area contributed by atoms with E-state index < -0.39 is 0 Å². The van der Waals surface area contributed by atoms with E-state index in [2.05, 4.69) is 0 Å². The molecule has 96 valence electrons. The van der Waals surface area contributed by atoms with E-state index in [9.17, 15) is 0 Å². The Hall–Kier alpha value is -0.940. The van der Waals surface area contributed by atoms with Gasteiger partial charge in [0.2, 0.25) is 0 Å². The molecule has 1 aromatic rings. The molecule has 17 heavy (non-hydrogen) atoms. The van der Waals surface area contributed by atoms with Crippen LogP contribution in [0.15, 0.2) is 30.3 Å². The summed E-state index contributed by atoms with van der Waals surface area (Å²) < 4.78 is 5.70. The maximum absolute atomic E-state index is 8.92. The largest absolute Gasteiger partial charge is 0.395 e. The standard InChI is InChI=1S/C13H21NO3/c1-12(14(7-9-15)8-10-16)17-11-13-5-3-2-4-6-13/h2-6,12,15-16H,7-11H2,1H3. The SMILES string of the molecule is CC(OCc1ccccc1)N(CCO)CCO. The lowest BCUT2D eigenvalue weighted by Gasteiger charge is -2.27. The van der Waals surface area contributed by atoms with Crippen molar-refractivity contribution in [3.63, 3.8) is 0 Å². The zero-order valence-electron chi connectivity index (χ0n) is 10.2. The van der Waals surface area contributed by atoms with Gasteiger partial charge in [0.1, 0.15) is 6.23 Å². The average Bonchev–Trinajstić information content (AvgIpc) is 2.37. The minimum absolute atomic E-state index is 0.0685. The molecule has 0 aliphatic rings. The molecule has 0 bridgehead atoms. The van der Waals surface area contributed by atoms with Crippen molar-refractivity contribution in [2.75, 3.05) is 26.3 Å². The van der Waals surface area contributed by atoms with Crippen molar-refractivity contribution >= 4 is 0 Å². The van der Waals surface area contributed by atoms with Gasteiger partial charge in [-0.15, -0.1) is 0 Å². The fourth-order valence-corrected chi connectivity index (χ4v) is 1.63. The predicted molar refractivity (Wildman–Crippen MR) is 66.4 cm³/mol. The van der Waals surface area contributed by atoms with E-state index in [1.807, 2.05) is 42.2 Å². The van der Waals surface area contributed by atoms with E-state index in [-0.39, 0.29) is 19.4 Å². The highest BCUT2D eigenvalue weighted by molar-refractivity contribution is 5.13. The fourth-order valence-electron chi connectivity index (χ4n) is 1.63. The molecule has 0 amide bonds. The third-order valence-electron chi connectivity index (χ3n) is 2.62. The minimum Gasteiger partial charge on any atom is -0.395 e. The molecule has 0 aliphatic heterocycles. The summed E-state index contributed by atoms with van der Waals surface area (Å²) in [6, 6.07) is 9.94. The predicted octanol–water partition coefficient (Wildman–Crippen LogP) is 0.836. The summed E-state index contributed by atoms with van der Waals surface area (Å²) >= 11 is 0. The van der Waals surface area contributed by atoms with Gasteiger partial charge in [-0.1, -0.05) is 30.3 Å². The summed E-state index contributed by atoms with van der Waals surface area (Å²) in [5.74, 6) is 0. The highest BCUT2D eigenvalue weighted by atomic mass is 16.5. The van der Waals surface area contributed by atoms with Gasteiger partial charge in [-0.25, -0.2) is 0 Å². The molecule has 0 spiro atoms. The number of benzene rings is 1. The topological polar surface area (TPSA) is 52.9 Å². The first-order chi connectivity index (χ1) is 8.27. The third kappa shape index (κ3) is 5.28. The van der Waals surface area contributed by atoms with Crippen LogP contribution < -0.4 is 0 Å². The lowest BCUT2D eigenvalue weighted by atomic mass is 10.2. The Morgan fingerprint density at radius 1 is 1.12 bits per heavy atom. The van der Waals surface area contributed by atoms with E-state index in [0.29, 0.717) is 19.7 Å². The van der Waals surface area contributed by atoms with Gasteiger partial charge in [-0.3, -0.25) is 4.90 Å². The average molecular weight is 239 g/mol. The number of aliphatic hydroxyl groups excluding tert-OH is 2. The summed E-state index contributed by atoms with van der Waals surface area (Å²) in [5, 5.41) is 17.8. The quantitative estimate of drug-likeness (QED) is 0.660. The molecular formula is C13H21NO3. The molecule has 0 saturated carbocycles. The Bertz CT molecular complexity index is 286. The molecule has 1 atom stereocenters. The van der Waals surface area contributed by atoms with Gasteiger partial charge < -0.3 is 14.9 Å². The highest BCUT2D eigenvalue weighted by Gasteiger charge is 2.12. The van der Waals surface area contributed by atoms with Crippen LogP contribution in [-0.4, -0.2) is 47.6 Å². The van der Waals surface area contributed by atoms with Crippen LogP contribution in [0.4, 0.5) is 0 Å². The Morgan fingerprint density at radius 3 is 2.24 bits per heavy atom. The number of aliphatic hydroxyl groups is 2. The van der Waals surface area contributed by atoms with Crippen LogP contribution in [0, 0.1) is 0 Å². The molecule has 0 radical (unpaired) electrons. The van der Waals surface area contributed by atoms with Gasteiger partial charge in [0.15, 0.2) is 0 Å². The highest BCUT2D eigenvalue weighted by Crippen LogP contribution is 2.06. The van der Waals surface area contributed by atoms with Crippen molar-refractivity contribution < 1.29 is 14.9 Å². The van der Waals surface area contributed by atoms with E-state index >= 15 is 0 Å². The third-order valence-corrected chi connectivity index (χ3v) is 2.62. The van der Waals surface area contributed by atoms with Crippen LogP contribution in [0.1, 0.15) is 12.5 Å². The lowest BCUT2D eigenvalue weighted by Crippen LogP contribution is -2.39. The van der Waals surface area contributed by atoms with Gasteiger partial charge in [-0.05, 0) is 12.5 Å². The number of ether oxygens (including phenoxy) is 1. The molecule has 1 unspecified atom stereocenters. The van der Waals surface area contributed by atoms with Gasteiger partial charge in [0, 0.05) is 13.1 Å². The van der Waals surface area contributed by atoms with Crippen molar-refractivity contribution in [1.82, 2.24) is 4.90 Å². The zero-order chi connectivity index (χ0) is 12.5. The maximum Gasteiger partial charge on any atom is 0.108 e. The Balaban J connectivity index is 2.38. The van der Waals surface area contributed by atoms with E-state index in [0.717, 1.165) is 5.56 Å². The van der Waals surface area contributed by atoms with Crippen molar-refractivity contribution in [3.8, 4) is 0 Å². The molecule has 1 aromatic carbocycles. The molecule has 1 rings (SSSR count). The molecule has 4 nitrogen and oxygen atoms in total. The van der Waals surface area contributed by atoms with Gasteiger partial charge in [-0.2, -0.15) is 0 Å². The van der Waals surface area contributed by atoms with E-state index in [1.54, 1.807) is 0 Å². The first kappa shape index (κ1) is 14.1. The first-order valence-electron chi connectivity index (χ1n) is 5.89. The number of hydrogen-bond acceptors (Lipinski definition) is 4. The second-order valence-corrected chi connectivity index (χ2v) is 3.88. The van der Waals surface area contributed by atoms with Crippen LogP contribution in [0.3, 0.4) is 0 Å². The second-order valence-electron chi connectivity index (χ2n) is 3.88. The van der Waals surface area contributed by atoms with Gasteiger partial charge in [0.25, 0.3) is 0 Å². The van der Waals surface area contributed by atoms with Crippen molar-refractivity contribution in [3.05, 3.63) is 35.9 Å². The molecule has 4 heteroatoms. The van der Waals surface area contributed by atoms with Crippen LogP contribution in [0.5, 0.6) is 0 Å². The van der Waals surface area contributed by atoms with E-state index in [4.69, 9.17) is 14.9 Å². The number of hydrogen-bond donors (Lipinski definition) is 2. The van der Waals surface area contributed by atoms with Crippen molar-refractivity contribution in [2.24, 2.45) is 0 Å². The van der Waals surface area contributed by atoms with Gasteiger partial charge in [0.05, 0.1) is 19.8 Å². The monoisotopic (exact) mass is 239 g/mol. The summed E-state index contributed by atoms with van der Waals surface area (Å²) in [5.41, 5.74) is 1.12. The molecular weight excluding hydrogens is 218 g/mol.